The molecule has 3 atom stereocenters. The van der Waals surface area contributed by atoms with Crippen molar-refractivity contribution in [2.45, 2.75) is 58.4 Å². The molecule has 30 heavy (non-hydrogen) atoms. The van der Waals surface area contributed by atoms with Crippen molar-refractivity contribution in [1.29, 1.82) is 5.26 Å². The fourth-order valence-electron chi connectivity index (χ4n) is 4.76. The first-order valence-electron chi connectivity index (χ1n) is 10.2. The number of hydrogen-bond acceptors (Lipinski definition) is 6. The predicted octanol–water partition coefficient (Wildman–Crippen LogP) is 1.37. The maximum absolute atomic E-state index is 13.2. The summed E-state index contributed by atoms with van der Waals surface area (Å²) in [6.07, 6.45) is 6.97. The Morgan fingerprint density at radius 3 is 2.97 bits per heavy atom. The summed E-state index contributed by atoms with van der Waals surface area (Å²) < 4.78 is 2.19. The Bertz CT molecular complexity index is 1030. The minimum absolute atomic E-state index is 0.0510. The molecule has 0 aliphatic heterocycles. The third-order valence-corrected chi connectivity index (χ3v) is 6.48. The molecule has 0 saturated heterocycles. The van der Waals surface area contributed by atoms with Gasteiger partial charge in [-0.3, -0.25) is 4.79 Å². The van der Waals surface area contributed by atoms with Crippen molar-refractivity contribution < 1.29 is 14.6 Å². The van der Waals surface area contributed by atoms with E-state index in [2.05, 4.69) is 21.5 Å². The number of nitrogens with zero attached hydrogens (tertiary/aromatic N) is 5. The van der Waals surface area contributed by atoms with Gasteiger partial charge in [0.15, 0.2) is 11.9 Å². The van der Waals surface area contributed by atoms with E-state index in [0.717, 1.165) is 30.5 Å². The van der Waals surface area contributed by atoms with Crippen LogP contribution < -0.4 is 10.0 Å². The zero-order valence-corrected chi connectivity index (χ0v) is 17.4. The van der Waals surface area contributed by atoms with Crippen LogP contribution in [0.4, 0.5) is 0 Å². The van der Waals surface area contributed by atoms with Crippen molar-refractivity contribution in [2.24, 2.45) is 10.8 Å². The first-order chi connectivity index (χ1) is 14.2. The van der Waals surface area contributed by atoms with Gasteiger partial charge < -0.3 is 15.6 Å². The molecular formula is C21H26N6O3. The number of hydrogen-bond donors (Lipinski definition) is 2. The lowest BCUT2D eigenvalue weighted by Gasteiger charge is -2.29. The lowest BCUT2D eigenvalue weighted by molar-refractivity contribution is -0.605. The van der Waals surface area contributed by atoms with Crippen molar-refractivity contribution in [2.75, 3.05) is 6.61 Å². The summed E-state index contributed by atoms with van der Waals surface area (Å²) in [5, 5.41) is 39.0. The molecule has 0 aromatic carbocycles. The van der Waals surface area contributed by atoms with Crippen LogP contribution in [-0.4, -0.2) is 38.4 Å². The molecule has 1 amide bonds. The van der Waals surface area contributed by atoms with Crippen LogP contribution >= 0.6 is 0 Å². The molecule has 2 aromatic rings. The second-order valence-electron chi connectivity index (χ2n) is 9.36. The van der Waals surface area contributed by atoms with Gasteiger partial charge in [0.25, 0.3) is 5.91 Å². The lowest BCUT2D eigenvalue weighted by atomic mass is 9.81. The Labute approximate surface area is 174 Å². The van der Waals surface area contributed by atoms with Gasteiger partial charge in [0.05, 0.1) is 36.0 Å². The molecule has 9 heteroatoms. The largest absolute Gasteiger partial charge is 0.619 e. The molecule has 0 spiro atoms. The minimum atomic E-state index is -0.549. The average Bonchev–Trinajstić information content (AvgIpc) is 3.33. The van der Waals surface area contributed by atoms with Crippen molar-refractivity contribution in [3.8, 4) is 11.9 Å². The van der Waals surface area contributed by atoms with Gasteiger partial charge in [0.1, 0.15) is 0 Å². The number of aliphatic hydroxyl groups is 1. The third kappa shape index (κ3) is 3.12. The van der Waals surface area contributed by atoms with Crippen molar-refractivity contribution >= 4 is 5.91 Å². The van der Waals surface area contributed by atoms with Crippen LogP contribution in [0.2, 0.25) is 0 Å². The molecule has 2 heterocycles. The number of nitrogens with one attached hydrogen (secondary N) is 1. The lowest BCUT2D eigenvalue weighted by Crippen LogP contribution is -2.46. The summed E-state index contributed by atoms with van der Waals surface area (Å²) in [5.41, 5.74) is 0.893. The molecule has 9 nitrogen and oxygen atoms in total. The number of nitriles is 1. The van der Waals surface area contributed by atoms with Gasteiger partial charge in [0.2, 0.25) is 12.0 Å². The average molecular weight is 410 g/mol. The number of carbonyl (C=O) groups excluding carboxylic acids is 1. The molecule has 1 saturated carbocycles. The van der Waals surface area contributed by atoms with Crippen LogP contribution in [-0.2, 0) is 6.42 Å². The van der Waals surface area contributed by atoms with Crippen molar-refractivity contribution in [1.82, 2.24) is 20.1 Å². The first-order valence-corrected chi connectivity index (χ1v) is 10.2. The Kier molecular flexibility index (Phi) is 4.77. The highest BCUT2D eigenvalue weighted by Crippen LogP contribution is 2.57. The number of fused-ring (bicyclic) bond motifs is 3. The number of rotatable bonds is 4. The van der Waals surface area contributed by atoms with Gasteiger partial charge in [-0.15, -0.1) is 0 Å². The van der Waals surface area contributed by atoms with Crippen LogP contribution in [0.15, 0.2) is 18.6 Å². The topological polar surface area (TPSA) is 131 Å². The summed E-state index contributed by atoms with van der Waals surface area (Å²) in [5.74, 6) is -0.124. The Hall–Kier alpha value is -2.99. The molecule has 4 rings (SSSR count). The Morgan fingerprint density at radius 1 is 1.57 bits per heavy atom. The number of carbonyl (C=O) groups is 1. The van der Waals surface area contributed by atoms with E-state index in [1.165, 1.54) is 18.6 Å². The van der Waals surface area contributed by atoms with E-state index in [9.17, 15) is 20.4 Å². The SMILES string of the molecule is CC(C)(C)[C@@H](CO)NC(=O)c1nn(-c2c[n+]([O-])ccn2)c2c1C[C@]1(C#N)CCCC21. The Morgan fingerprint density at radius 2 is 2.33 bits per heavy atom. The smallest absolute Gasteiger partial charge is 0.272 e. The van der Waals surface area contributed by atoms with Gasteiger partial charge in [0, 0.05) is 11.5 Å². The van der Waals surface area contributed by atoms with E-state index in [1.807, 2.05) is 20.8 Å². The van der Waals surface area contributed by atoms with Crippen LogP contribution in [0, 0.1) is 27.4 Å². The summed E-state index contributed by atoms with van der Waals surface area (Å²) in [4.78, 5) is 17.4. The van der Waals surface area contributed by atoms with Crippen LogP contribution in [0.5, 0.6) is 0 Å². The number of aromatic nitrogens is 4. The van der Waals surface area contributed by atoms with Crippen molar-refractivity contribution in [3.63, 3.8) is 0 Å². The highest BCUT2D eigenvalue weighted by Gasteiger charge is 2.53. The maximum Gasteiger partial charge on any atom is 0.272 e. The van der Waals surface area contributed by atoms with Crippen LogP contribution in [0.1, 0.15) is 67.7 Å². The summed E-state index contributed by atoms with van der Waals surface area (Å²) in [6.45, 7) is 5.62. The third-order valence-electron chi connectivity index (χ3n) is 6.48. The Balaban J connectivity index is 1.81. The number of amides is 1. The van der Waals surface area contributed by atoms with Gasteiger partial charge in [-0.2, -0.15) is 15.1 Å². The molecular weight excluding hydrogens is 384 g/mol. The summed E-state index contributed by atoms with van der Waals surface area (Å²) in [6, 6.07) is 2.06. The first kappa shape index (κ1) is 20.3. The molecule has 0 bridgehead atoms. The maximum atomic E-state index is 13.2. The molecule has 2 N–H and O–H groups in total. The van der Waals surface area contributed by atoms with Gasteiger partial charge in [-0.05, 0) is 24.7 Å². The minimum Gasteiger partial charge on any atom is -0.619 e. The number of aliphatic hydroxyl groups excluding tert-OH is 1. The fourth-order valence-corrected chi connectivity index (χ4v) is 4.76. The standard InChI is InChI=1S/C21H26N6O3/c1-20(2,3)15(11-28)24-19(29)17-13-9-21(12-22)6-4-5-14(21)18(13)27(25-17)16-10-26(30)8-7-23-16/h7-8,10,14-15,28H,4-6,9,11H2,1-3H3,(H,24,29)/t14?,15-,21+/m1/s1. The second-order valence-corrected chi connectivity index (χ2v) is 9.36. The van der Waals surface area contributed by atoms with E-state index in [0.29, 0.717) is 17.0 Å². The normalized spacial score (nSPS) is 23.5. The molecule has 1 unspecified atom stereocenters. The van der Waals surface area contributed by atoms with Crippen molar-refractivity contribution in [3.05, 3.63) is 40.7 Å². The zero-order valence-electron chi connectivity index (χ0n) is 17.4. The molecule has 2 aliphatic carbocycles. The van der Waals surface area contributed by atoms with Crippen LogP contribution in [0.3, 0.4) is 0 Å². The van der Waals surface area contributed by atoms with Gasteiger partial charge in [-0.25, -0.2) is 9.67 Å². The molecule has 158 valence electrons. The highest BCUT2D eigenvalue weighted by molar-refractivity contribution is 5.94. The summed E-state index contributed by atoms with van der Waals surface area (Å²) >= 11 is 0. The van der Waals surface area contributed by atoms with Gasteiger partial charge >= 0.3 is 0 Å². The highest BCUT2D eigenvalue weighted by atomic mass is 16.5. The van der Waals surface area contributed by atoms with E-state index in [-0.39, 0.29) is 23.6 Å². The summed E-state index contributed by atoms with van der Waals surface area (Å²) in [7, 11) is 0. The zero-order chi connectivity index (χ0) is 21.7. The fraction of sp³-hybridized carbons (Fsp3) is 0.571. The van der Waals surface area contributed by atoms with E-state index in [4.69, 9.17) is 0 Å². The molecule has 2 aliphatic rings. The molecule has 0 radical (unpaired) electrons. The second kappa shape index (κ2) is 7.06. The van der Waals surface area contributed by atoms with E-state index >= 15 is 0 Å². The van der Waals surface area contributed by atoms with E-state index < -0.39 is 17.4 Å². The predicted molar refractivity (Wildman–Crippen MR) is 106 cm³/mol. The molecule has 2 aromatic heterocycles. The van der Waals surface area contributed by atoms with Gasteiger partial charge in [-0.1, -0.05) is 27.2 Å². The quantitative estimate of drug-likeness (QED) is 0.578. The monoisotopic (exact) mass is 410 g/mol. The van der Waals surface area contributed by atoms with Crippen LogP contribution in [0.25, 0.3) is 5.82 Å². The molecule has 1 fully saturated rings. The van der Waals surface area contributed by atoms with E-state index in [1.54, 1.807) is 4.68 Å².